The van der Waals surface area contributed by atoms with Crippen molar-refractivity contribution in [1.82, 2.24) is 5.32 Å². The van der Waals surface area contributed by atoms with Crippen molar-refractivity contribution in [3.05, 3.63) is 0 Å². The summed E-state index contributed by atoms with van der Waals surface area (Å²) in [7, 11) is 0. The molecule has 2 unspecified atom stereocenters. The van der Waals surface area contributed by atoms with Crippen LogP contribution in [0.3, 0.4) is 0 Å². The number of carbonyl (C=O) groups is 2. The van der Waals surface area contributed by atoms with Gasteiger partial charge in [0, 0.05) is 12.5 Å². The molecule has 0 aromatic rings. The average Bonchev–Trinajstić information content (AvgIpc) is 2.24. The fraction of sp³-hybridized carbons (Fsp3) is 0.778. The number of rotatable bonds is 0. The molecule has 0 bridgehead atoms. The molecule has 2 fully saturated rings. The first-order valence-electron chi connectivity index (χ1n) is 4.53. The number of ether oxygens (including phenoxy) is 1. The van der Waals surface area contributed by atoms with E-state index in [2.05, 4.69) is 5.32 Å². The van der Waals surface area contributed by atoms with Crippen LogP contribution in [0.2, 0.25) is 0 Å². The molecule has 1 amide bonds. The summed E-state index contributed by atoms with van der Waals surface area (Å²) in [5.41, 5.74) is -0.473. The van der Waals surface area contributed by atoms with Crippen LogP contribution in [0.15, 0.2) is 0 Å². The van der Waals surface area contributed by atoms with Gasteiger partial charge in [-0.2, -0.15) is 0 Å². The van der Waals surface area contributed by atoms with Crippen molar-refractivity contribution in [2.75, 3.05) is 6.54 Å². The van der Waals surface area contributed by atoms with Crippen LogP contribution in [0.25, 0.3) is 0 Å². The Balaban J connectivity index is 2.32. The summed E-state index contributed by atoms with van der Waals surface area (Å²) in [5.74, 6) is -1.06. The number of esters is 1. The molecule has 13 heavy (non-hydrogen) atoms. The van der Waals surface area contributed by atoms with Crippen molar-refractivity contribution in [2.24, 2.45) is 11.8 Å². The Morgan fingerprint density at radius 1 is 1.46 bits per heavy atom. The summed E-state index contributed by atoms with van der Waals surface area (Å²) in [6, 6.07) is 0. The first-order chi connectivity index (χ1) is 6.02. The fourth-order valence-corrected chi connectivity index (χ4v) is 2.23. The van der Waals surface area contributed by atoms with Crippen LogP contribution < -0.4 is 5.32 Å². The molecule has 4 nitrogen and oxygen atoms in total. The third-order valence-corrected chi connectivity index (χ3v) is 2.95. The summed E-state index contributed by atoms with van der Waals surface area (Å²) >= 11 is 0. The zero-order chi connectivity index (χ0) is 9.64. The molecule has 4 heteroatoms. The summed E-state index contributed by atoms with van der Waals surface area (Å²) in [6.07, 6.45) is 0.829. The standard InChI is InChI=1S/C9H13NO3/c1-9(2)5-3-4-10-7(11)6(5)8(12)13-9/h5-6H,3-4H2,1-2H3,(H,10,11). The van der Waals surface area contributed by atoms with E-state index in [4.69, 9.17) is 4.74 Å². The van der Waals surface area contributed by atoms with Crippen LogP contribution in [-0.4, -0.2) is 24.0 Å². The molecule has 0 aromatic heterocycles. The van der Waals surface area contributed by atoms with Gasteiger partial charge in [-0.25, -0.2) is 0 Å². The van der Waals surface area contributed by atoms with Crippen molar-refractivity contribution < 1.29 is 14.3 Å². The minimum Gasteiger partial charge on any atom is -0.459 e. The van der Waals surface area contributed by atoms with Gasteiger partial charge in [-0.15, -0.1) is 0 Å². The minimum absolute atomic E-state index is 0.0498. The first kappa shape index (κ1) is 8.53. The first-order valence-corrected chi connectivity index (χ1v) is 4.53. The van der Waals surface area contributed by atoms with Crippen LogP contribution >= 0.6 is 0 Å². The van der Waals surface area contributed by atoms with Gasteiger partial charge >= 0.3 is 5.97 Å². The lowest BCUT2D eigenvalue weighted by atomic mass is 9.78. The number of nitrogens with one attached hydrogen (secondary N) is 1. The van der Waals surface area contributed by atoms with Gasteiger partial charge in [-0.3, -0.25) is 9.59 Å². The highest BCUT2D eigenvalue weighted by Crippen LogP contribution is 2.40. The highest BCUT2D eigenvalue weighted by atomic mass is 16.6. The van der Waals surface area contributed by atoms with E-state index >= 15 is 0 Å². The van der Waals surface area contributed by atoms with E-state index in [0.717, 1.165) is 6.42 Å². The molecule has 2 saturated heterocycles. The summed E-state index contributed by atoms with van der Waals surface area (Å²) in [4.78, 5) is 22.7. The Morgan fingerprint density at radius 2 is 2.15 bits per heavy atom. The van der Waals surface area contributed by atoms with E-state index in [-0.39, 0.29) is 17.8 Å². The van der Waals surface area contributed by atoms with E-state index in [9.17, 15) is 9.59 Å². The molecule has 2 aliphatic rings. The Labute approximate surface area is 76.6 Å². The summed E-state index contributed by atoms with van der Waals surface area (Å²) < 4.78 is 5.17. The Morgan fingerprint density at radius 3 is 2.77 bits per heavy atom. The molecule has 0 aliphatic carbocycles. The third kappa shape index (κ3) is 1.12. The second kappa shape index (κ2) is 2.47. The lowest BCUT2D eigenvalue weighted by molar-refractivity contribution is -0.150. The van der Waals surface area contributed by atoms with Crippen LogP contribution in [0.1, 0.15) is 20.3 Å². The zero-order valence-electron chi connectivity index (χ0n) is 7.79. The maximum Gasteiger partial charge on any atom is 0.319 e. The predicted octanol–water partition coefficient (Wildman–Crippen LogP) is 0.0741. The van der Waals surface area contributed by atoms with Crippen molar-refractivity contribution >= 4 is 11.9 Å². The highest BCUT2D eigenvalue weighted by Gasteiger charge is 2.54. The Bertz CT molecular complexity index is 272. The van der Waals surface area contributed by atoms with E-state index in [1.165, 1.54) is 0 Å². The van der Waals surface area contributed by atoms with Crippen molar-refractivity contribution in [2.45, 2.75) is 25.9 Å². The van der Waals surface area contributed by atoms with E-state index < -0.39 is 11.5 Å². The average molecular weight is 183 g/mol. The number of fused-ring (bicyclic) bond motifs is 1. The second-order valence-corrected chi connectivity index (χ2v) is 4.19. The maximum absolute atomic E-state index is 11.4. The van der Waals surface area contributed by atoms with Gasteiger partial charge in [-0.05, 0) is 20.3 Å². The largest absolute Gasteiger partial charge is 0.459 e. The predicted molar refractivity (Wildman–Crippen MR) is 44.8 cm³/mol. The second-order valence-electron chi connectivity index (χ2n) is 4.19. The van der Waals surface area contributed by atoms with Crippen molar-refractivity contribution in [1.29, 1.82) is 0 Å². The molecule has 2 heterocycles. The number of piperidine rings is 1. The molecule has 72 valence electrons. The monoisotopic (exact) mass is 183 g/mol. The molecule has 2 atom stereocenters. The van der Waals surface area contributed by atoms with E-state index in [1.807, 2.05) is 13.8 Å². The van der Waals surface area contributed by atoms with Crippen LogP contribution in [0.4, 0.5) is 0 Å². The van der Waals surface area contributed by atoms with E-state index in [1.54, 1.807) is 0 Å². The smallest absolute Gasteiger partial charge is 0.319 e. The fourth-order valence-electron chi connectivity index (χ4n) is 2.23. The van der Waals surface area contributed by atoms with Crippen LogP contribution in [0.5, 0.6) is 0 Å². The number of cyclic esters (lactones) is 1. The van der Waals surface area contributed by atoms with Crippen LogP contribution in [-0.2, 0) is 14.3 Å². The lowest BCUT2D eigenvalue weighted by Gasteiger charge is -2.29. The van der Waals surface area contributed by atoms with Gasteiger partial charge in [0.2, 0.25) is 5.91 Å². The highest BCUT2D eigenvalue weighted by molar-refractivity contribution is 6.00. The maximum atomic E-state index is 11.4. The molecular formula is C9H13NO3. The molecular weight excluding hydrogens is 170 g/mol. The number of carbonyl (C=O) groups excluding carboxylic acids is 2. The van der Waals surface area contributed by atoms with E-state index in [0.29, 0.717) is 6.54 Å². The zero-order valence-corrected chi connectivity index (χ0v) is 7.79. The van der Waals surface area contributed by atoms with Gasteiger partial charge in [0.1, 0.15) is 11.5 Å². The molecule has 2 rings (SSSR count). The van der Waals surface area contributed by atoms with Gasteiger partial charge < -0.3 is 10.1 Å². The van der Waals surface area contributed by atoms with Gasteiger partial charge in [0.25, 0.3) is 0 Å². The quantitative estimate of drug-likeness (QED) is 0.427. The summed E-state index contributed by atoms with van der Waals surface area (Å²) in [5, 5.41) is 2.68. The third-order valence-electron chi connectivity index (χ3n) is 2.95. The Hall–Kier alpha value is -1.06. The van der Waals surface area contributed by atoms with Gasteiger partial charge in [0.05, 0.1) is 0 Å². The summed E-state index contributed by atoms with van der Waals surface area (Å²) in [6.45, 7) is 4.39. The molecule has 2 aliphatic heterocycles. The minimum atomic E-state index is -0.566. The normalized spacial score (nSPS) is 36.5. The van der Waals surface area contributed by atoms with Gasteiger partial charge in [-0.1, -0.05) is 0 Å². The molecule has 0 aromatic carbocycles. The number of amides is 1. The molecule has 0 radical (unpaired) electrons. The van der Waals surface area contributed by atoms with Crippen molar-refractivity contribution in [3.8, 4) is 0 Å². The van der Waals surface area contributed by atoms with Gasteiger partial charge in [0.15, 0.2) is 0 Å². The topological polar surface area (TPSA) is 55.4 Å². The lowest BCUT2D eigenvalue weighted by Crippen LogP contribution is -2.45. The number of hydrogen-bond acceptors (Lipinski definition) is 3. The molecule has 0 spiro atoms. The molecule has 1 N–H and O–H groups in total. The van der Waals surface area contributed by atoms with Crippen molar-refractivity contribution in [3.63, 3.8) is 0 Å². The number of hydrogen-bond donors (Lipinski definition) is 1. The SMILES string of the molecule is CC1(C)OC(=O)C2C(=O)NCCC21. The Kier molecular flexibility index (Phi) is 1.62. The molecule has 0 saturated carbocycles. The van der Waals surface area contributed by atoms with Crippen LogP contribution in [0, 0.1) is 11.8 Å².